The number of fused-ring (bicyclic) bond motifs is 1. The molecule has 146 valence electrons. The van der Waals surface area contributed by atoms with Crippen molar-refractivity contribution in [2.75, 3.05) is 31.2 Å². The Morgan fingerprint density at radius 2 is 1.86 bits per heavy atom. The number of anilines is 1. The van der Waals surface area contributed by atoms with Gasteiger partial charge in [0.15, 0.2) is 18.0 Å². The van der Waals surface area contributed by atoms with E-state index in [0.717, 1.165) is 42.9 Å². The van der Waals surface area contributed by atoms with Gasteiger partial charge in [0.05, 0.1) is 6.54 Å². The van der Waals surface area contributed by atoms with Crippen molar-refractivity contribution in [3.05, 3.63) is 53.1 Å². The zero-order valence-electron chi connectivity index (χ0n) is 16.6. The quantitative estimate of drug-likeness (QED) is 0.813. The highest BCUT2D eigenvalue weighted by Crippen LogP contribution is 2.40. The van der Waals surface area contributed by atoms with Gasteiger partial charge in [-0.2, -0.15) is 0 Å². The van der Waals surface area contributed by atoms with E-state index in [0.29, 0.717) is 19.8 Å². The van der Waals surface area contributed by atoms with Crippen molar-refractivity contribution in [2.24, 2.45) is 0 Å². The molecule has 0 saturated heterocycles. The summed E-state index contributed by atoms with van der Waals surface area (Å²) in [4.78, 5) is 2.32. The molecule has 0 aliphatic carbocycles. The number of ether oxygens (including phenoxy) is 2. The SMILES string of the molecule is Cc1cccc(N2CC(O)(c3ccc4c(c3)OCCO4)[N+]3=C2CCCC3)c1C. The Hall–Kier alpha value is -2.53. The van der Waals surface area contributed by atoms with Crippen LogP contribution in [0, 0.1) is 13.8 Å². The average molecular weight is 379 g/mol. The number of nitrogens with zero attached hydrogens (tertiary/aromatic N) is 2. The van der Waals surface area contributed by atoms with Gasteiger partial charge in [0.1, 0.15) is 18.9 Å². The van der Waals surface area contributed by atoms with Gasteiger partial charge in [-0.25, -0.2) is 9.48 Å². The monoisotopic (exact) mass is 379 g/mol. The summed E-state index contributed by atoms with van der Waals surface area (Å²) >= 11 is 0. The van der Waals surface area contributed by atoms with Crippen LogP contribution in [-0.4, -0.2) is 41.8 Å². The van der Waals surface area contributed by atoms with Crippen LogP contribution in [0.3, 0.4) is 0 Å². The molecule has 1 N–H and O–H groups in total. The molecule has 0 bridgehead atoms. The van der Waals surface area contributed by atoms with Crippen LogP contribution < -0.4 is 14.4 Å². The average Bonchev–Trinajstić information content (AvgIpc) is 3.04. The second kappa shape index (κ2) is 6.52. The maximum Gasteiger partial charge on any atom is 0.271 e. The fourth-order valence-corrected chi connectivity index (χ4v) is 4.69. The van der Waals surface area contributed by atoms with E-state index >= 15 is 0 Å². The summed E-state index contributed by atoms with van der Waals surface area (Å²) in [6.45, 7) is 6.81. The molecule has 1 atom stereocenters. The van der Waals surface area contributed by atoms with Crippen molar-refractivity contribution in [3.63, 3.8) is 0 Å². The molecule has 0 saturated carbocycles. The number of hydrogen-bond acceptors (Lipinski definition) is 4. The molecule has 1 unspecified atom stereocenters. The second-order valence-electron chi connectivity index (χ2n) is 8.01. The zero-order valence-corrected chi connectivity index (χ0v) is 16.6. The standard InChI is InChI=1S/C23H27N2O3/c1-16-6-5-7-19(17(16)2)24-15-23(26,25-11-4-3-8-22(24)25)18-9-10-20-21(14-18)28-13-12-27-20/h5-7,9-10,14,26H,3-4,8,11-13,15H2,1-2H3/q+1. The van der Waals surface area contributed by atoms with Gasteiger partial charge in [0.25, 0.3) is 11.6 Å². The third kappa shape index (κ3) is 2.60. The van der Waals surface area contributed by atoms with Crippen LogP contribution in [0.25, 0.3) is 0 Å². The molecular weight excluding hydrogens is 352 g/mol. The predicted molar refractivity (Wildman–Crippen MR) is 109 cm³/mol. The molecule has 3 aliphatic heterocycles. The third-order valence-electron chi connectivity index (χ3n) is 6.35. The van der Waals surface area contributed by atoms with Crippen molar-refractivity contribution < 1.29 is 19.2 Å². The van der Waals surface area contributed by atoms with Gasteiger partial charge in [-0.15, -0.1) is 0 Å². The maximum atomic E-state index is 11.9. The molecule has 0 radical (unpaired) electrons. The minimum Gasteiger partial charge on any atom is -0.486 e. The number of hydrogen-bond donors (Lipinski definition) is 1. The summed E-state index contributed by atoms with van der Waals surface area (Å²) in [6, 6.07) is 12.3. The van der Waals surface area contributed by atoms with E-state index in [4.69, 9.17) is 9.47 Å². The van der Waals surface area contributed by atoms with Gasteiger partial charge in [0.2, 0.25) is 0 Å². The lowest BCUT2D eigenvalue weighted by molar-refractivity contribution is -0.661. The van der Waals surface area contributed by atoms with Gasteiger partial charge in [-0.3, -0.25) is 0 Å². The summed E-state index contributed by atoms with van der Waals surface area (Å²) < 4.78 is 13.6. The molecule has 0 amide bonds. The molecule has 0 spiro atoms. The van der Waals surface area contributed by atoms with Crippen molar-refractivity contribution in [3.8, 4) is 11.5 Å². The number of rotatable bonds is 2. The Balaban J connectivity index is 1.61. The Labute approximate surface area is 165 Å². The van der Waals surface area contributed by atoms with E-state index in [2.05, 4.69) is 41.5 Å². The molecule has 0 aromatic heterocycles. The normalized spacial score (nSPS) is 23.8. The number of aryl methyl sites for hydroxylation is 1. The van der Waals surface area contributed by atoms with Crippen LogP contribution in [0.5, 0.6) is 11.5 Å². The van der Waals surface area contributed by atoms with Gasteiger partial charge in [0, 0.05) is 12.0 Å². The van der Waals surface area contributed by atoms with E-state index in [1.165, 1.54) is 22.6 Å². The highest BCUT2D eigenvalue weighted by Gasteiger charge is 2.53. The second-order valence-corrected chi connectivity index (χ2v) is 8.01. The van der Waals surface area contributed by atoms with Crippen molar-refractivity contribution in [1.82, 2.24) is 0 Å². The first-order valence-corrected chi connectivity index (χ1v) is 10.2. The number of amidine groups is 1. The largest absolute Gasteiger partial charge is 0.486 e. The summed E-state index contributed by atoms with van der Waals surface area (Å²) in [6.07, 6.45) is 3.24. The van der Waals surface area contributed by atoms with Crippen LogP contribution in [-0.2, 0) is 5.72 Å². The predicted octanol–water partition coefficient (Wildman–Crippen LogP) is 3.33. The highest BCUT2D eigenvalue weighted by atomic mass is 16.6. The molecule has 0 fully saturated rings. The van der Waals surface area contributed by atoms with E-state index in [1.54, 1.807) is 0 Å². The van der Waals surface area contributed by atoms with Crippen LogP contribution in [0.4, 0.5) is 5.69 Å². The lowest BCUT2D eigenvalue weighted by Gasteiger charge is -2.26. The molecule has 3 aliphatic rings. The summed E-state index contributed by atoms with van der Waals surface area (Å²) in [7, 11) is 0. The van der Waals surface area contributed by atoms with Crippen molar-refractivity contribution in [1.29, 1.82) is 0 Å². The number of β-amino-alcohol motifs (C(OH)–C–C–N with tert-alkyl or cyclic N) is 1. The van der Waals surface area contributed by atoms with Crippen LogP contribution in [0.1, 0.15) is 36.0 Å². The summed E-state index contributed by atoms with van der Waals surface area (Å²) in [5.74, 6) is 2.70. The Kier molecular flexibility index (Phi) is 4.09. The zero-order chi connectivity index (χ0) is 19.3. The fraction of sp³-hybridized carbons (Fsp3) is 0.435. The van der Waals surface area contributed by atoms with Crippen molar-refractivity contribution in [2.45, 2.75) is 38.8 Å². The summed E-state index contributed by atoms with van der Waals surface area (Å²) in [5.41, 5.74) is 3.53. The first-order valence-electron chi connectivity index (χ1n) is 10.2. The maximum absolute atomic E-state index is 11.9. The van der Waals surface area contributed by atoms with Gasteiger partial charge in [-0.1, -0.05) is 12.1 Å². The number of aliphatic hydroxyl groups is 1. The Morgan fingerprint density at radius 1 is 1.04 bits per heavy atom. The van der Waals surface area contributed by atoms with E-state index in [9.17, 15) is 5.11 Å². The Morgan fingerprint density at radius 3 is 2.71 bits per heavy atom. The third-order valence-corrected chi connectivity index (χ3v) is 6.35. The van der Waals surface area contributed by atoms with Crippen LogP contribution in [0.2, 0.25) is 0 Å². The molecule has 2 aromatic rings. The van der Waals surface area contributed by atoms with E-state index in [-0.39, 0.29) is 0 Å². The van der Waals surface area contributed by atoms with E-state index < -0.39 is 5.72 Å². The van der Waals surface area contributed by atoms with Gasteiger partial charge < -0.3 is 14.6 Å². The smallest absolute Gasteiger partial charge is 0.271 e. The molecule has 5 nitrogen and oxygen atoms in total. The van der Waals surface area contributed by atoms with Crippen molar-refractivity contribution >= 4 is 11.5 Å². The Bertz CT molecular complexity index is 968. The lowest BCUT2D eigenvalue weighted by atomic mass is 10.0. The lowest BCUT2D eigenvalue weighted by Crippen LogP contribution is -2.41. The molecule has 3 heterocycles. The van der Waals surface area contributed by atoms with Crippen LogP contribution in [0.15, 0.2) is 36.4 Å². The molecule has 2 aromatic carbocycles. The van der Waals surface area contributed by atoms with E-state index in [1.807, 2.05) is 18.2 Å². The molecular formula is C23H27N2O3+. The summed E-state index contributed by atoms with van der Waals surface area (Å²) in [5, 5.41) is 11.9. The minimum atomic E-state index is -1.07. The topological polar surface area (TPSA) is 44.9 Å². The van der Waals surface area contributed by atoms with Gasteiger partial charge in [-0.05, 0) is 62.1 Å². The highest BCUT2D eigenvalue weighted by molar-refractivity contribution is 5.96. The number of benzene rings is 2. The fourth-order valence-electron chi connectivity index (χ4n) is 4.69. The van der Waals surface area contributed by atoms with Gasteiger partial charge >= 0.3 is 0 Å². The first-order chi connectivity index (χ1) is 13.6. The molecule has 5 rings (SSSR count). The van der Waals surface area contributed by atoms with Crippen LogP contribution >= 0.6 is 0 Å². The molecule has 28 heavy (non-hydrogen) atoms. The minimum absolute atomic E-state index is 0.520. The molecule has 5 heteroatoms. The first kappa shape index (κ1) is 17.6.